The molecule has 1 N–H and O–H groups in total. The van der Waals surface area contributed by atoms with Crippen LogP contribution in [0.1, 0.15) is 17.4 Å². The minimum atomic E-state index is -0.865. The molecule has 96 valence electrons. The molecule has 1 unspecified atom stereocenters. The van der Waals surface area contributed by atoms with Gasteiger partial charge in [-0.25, -0.2) is 4.52 Å². The molecule has 0 aliphatic carbocycles. The topological polar surface area (TPSA) is 59.7 Å². The molecule has 0 aliphatic rings. The summed E-state index contributed by atoms with van der Waals surface area (Å²) in [5, 5.41) is 14.7. The first kappa shape index (κ1) is 11.7. The Morgan fingerprint density at radius 2 is 2.16 bits per heavy atom. The van der Waals surface area contributed by atoms with E-state index in [1.807, 2.05) is 24.4 Å². The first-order valence-corrected chi connectivity index (χ1v) is 5.90. The minimum absolute atomic E-state index is 0.490. The molecule has 3 aromatic rings. The second kappa shape index (κ2) is 4.70. The van der Waals surface area contributed by atoms with Crippen LogP contribution in [-0.2, 0) is 0 Å². The average molecular weight is 255 g/mol. The first-order valence-electron chi connectivity index (χ1n) is 5.90. The summed E-state index contributed by atoms with van der Waals surface area (Å²) in [6.45, 7) is 0. The third-order valence-corrected chi connectivity index (χ3v) is 3.03. The van der Waals surface area contributed by atoms with Crippen molar-refractivity contribution in [2.24, 2.45) is 0 Å². The molecule has 5 heteroatoms. The molecule has 0 amide bonds. The van der Waals surface area contributed by atoms with E-state index in [1.165, 1.54) is 0 Å². The van der Waals surface area contributed by atoms with E-state index in [0.717, 1.165) is 5.52 Å². The van der Waals surface area contributed by atoms with Crippen molar-refractivity contribution in [3.8, 4) is 5.75 Å². The van der Waals surface area contributed by atoms with Crippen LogP contribution in [0.4, 0.5) is 0 Å². The van der Waals surface area contributed by atoms with Crippen LogP contribution in [0.5, 0.6) is 5.75 Å². The second-order valence-corrected chi connectivity index (χ2v) is 4.12. The van der Waals surface area contributed by atoms with Gasteiger partial charge in [0.2, 0.25) is 0 Å². The smallest absolute Gasteiger partial charge is 0.143 e. The molecule has 0 aliphatic heterocycles. The van der Waals surface area contributed by atoms with Gasteiger partial charge in [-0.15, -0.1) is 0 Å². The van der Waals surface area contributed by atoms with Gasteiger partial charge >= 0.3 is 0 Å². The highest BCUT2D eigenvalue weighted by Gasteiger charge is 2.20. The molecule has 1 atom stereocenters. The summed E-state index contributed by atoms with van der Waals surface area (Å²) in [5.41, 5.74) is 2.05. The Morgan fingerprint density at radius 3 is 3.00 bits per heavy atom. The number of aliphatic hydroxyl groups is 1. The molecule has 3 heterocycles. The summed E-state index contributed by atoms with van der Waals surface area (Å²) in [6, 6.07) is 9.24. The van der Waals surface area contributed by atoms with Gasteiger partial charge in [-0.05, 0) is 24.3 Å². The van der Waals surface area contributed by atoms with Crippen LogP contribution in [0.2, 0.25) is 0 Å². The van der Waals surface area contributed by atoms with Gasteiger partial charge in [0.15, 0.2) is 0 Å². The third kappa shape index (κ3) is 1.94. The van der Waals surface area contributed by atoms with Crippen LogP contribution < -0.4 is 4.74 Å². The zero-order valence-electron chi connectivity index (χ0n) is 10.4. The highest BCUT2D eigenvalue weighted by molar-refractivity contribution is 5.56. The summed E-state index contributed by atoms with van der Waals surface area (Å²) in [5.74, 6) is 0.560. The molecule has 3 aromatic heterocycles. The number of pyridine rings is 2. The molecule has 3 rings (SSSR count). The predicted molar refractivity (Wildman–Crippen MR) is 70.0 cm³/mol. The molecule has 0 radical (unpaired) electrons. The Hall–Kier alpha value is -2.40. The van der Waals surface area contributed by atoms with Gasteiger partial charge in [0.05, 0.1) is 18.8 Å². The van der Waals surface area contributed by atoms with Gasteiger partial charge in [-0.1, -0.05) is 6.07 Å². The van der Waals surface area contributed by atoms with E-state index in [0.29, 0.717) is 17.0 Å². The van der Waals surface area contributed by atoms with E-state index in [2.05, 4.69) is 10.1 Å². The molecule has 0 saturated heterocycles. The molecule has 0 aromatic carbocycles. The van der Waals surface area contributed by atoms with Crippen LogP contribution in [0.3, 0.4) is 0 Å². The van der Waals surface area contributed by atoms with Crippen molar-refractivity contribution in [3.05, 3.63) is 60.2 Å². The van der Waals surface area contributed by atoms with E-state index >= 15 is 0 Å². The number of aliphatic hydroxyl groups excluding tert-OH is 1. The summed E-state index contributed by atoms with van der Waals surface area (Å²) in [6.07, 6.45) is 4.25. The van der Waals surface area contributed by atoms with Gasteiger partial charge in [0, 0.05) is 18.0 Å². The monoisotopic (exact) mass is 255 g/mol. The molecule has 0 fully saturated rings. The molecular formula is C14H13N3O2. The number of hydrogen-bond donors (Lipinski definition) is 1. The normalized spacial score (nSPS) is 12.5. The zero-order valence-corrected chi connectivity index (χ0v) is 10.4. The standard InChI is InChI=1S/C14H13N3O2/c1-19-12-6-4-7-15-13(12)14(18)10-9-16-17-8-3-2-5-11(10)17/h2-9,14,18H,1H3. The Balaban J connectivity index is 2.11. The Kier molecular flexibility index (Phi) is 2.89. The maximum atomic E-state index is 10.5. The van der Waals surface area contributed by atoms with Crippen LogP contribution in [0, 0.1) is 0 Å². The van der Waals surface area contributed by atoms with Gasteiger partial charge in [0.1, 0.15) is 17.5 Å². The van der Waals surface area contributed by atoms with Crippen LogP contribution in [0.25, 0.3) is 5.52 Å². The van der Waals surface area contributed by atoms with Gasteiger partial charge in [-0.2, -0.15) is 5.10 Å². The van der Waals surface area contributed by atoms with E-state index in [9.17, 15) is 5.11 Å². The molecular weight excluding hydrogens is 242 g/mol. The third-order valence-electron chi connectivity index (χ3n) is 3.03. The highest BCUT2D eigenvalue weighted by atomic mass is 16.5. The van der Waals surface area contributed by atoms with Crippen LogP contribution in [0.15, 0.2) is 48.9 Å². The minimum Gasteiger partial charge on any atom is -0.495 e. The Labute approximate surface area is 110 Å². The van der Waals surface area contributed by atoms with E-state index in [-0.39, 0.29) is 0 Å². The predicted octanol–water partition coefficient (Wildman–Crippen LogP) is 1.82. The second-order valence-electron chi connectivity index (χ2n) is 4.12. The largest absolute Gasteiger partial charge is 0.495 e. The Bertz CT molecular complexity index is 708. The maximum absolute atomic E-state index is 10.5. The fourth-order valence-electron chi connectivity index (χ4n) is 2.09. The molecule has 5 nitrogen and oxygen atoms in total. The van der Waals surface area contributed by atoms with Crippen molar-refractivity contribution in [2.75, 3.05) is 7.11 Å². The lowest BCUT2D eigenvalue weighted by Crippen LogP contribution is -2.04. The lowest BCUT2D eigenvalue weighted by atomic mass is 10.1. The lowest BCUT2D eigenvalue weighted by molar-refractivity contribution is 0.210. The van der Waals surface area contributed by atoms with Gasteiger partial charge in [0.25, 0.3) is 0 Å². The van der Waals surface area contributed by atoms with Crippen LogP contribution in [-0.4, -0.2) is 26.8 Å². The number of fused-ring (bicyclic) bond motifs is 1. The average Bonchev–Trinajstić information content (AvgIpc) is 2.90. The number of methoxy groups -OCH3 is 1. The van der Waals surface area contributed by atoms with E-state index in [4.69, 9.17) is 4.74 Å². The van der Waals surface area contributed by atoms with Crippen molar-refractivity contribution in [3.63, 3.8) is 0 Å². The SMILES string of the molecule is COc1cccnc1C(O)c1cnn2ccccc12. The summed E-state index contributed by atoms with van der Waals surface area (Å²) in [7, 11) is 1.56. The van der Waals surface area contributed by atoms with Crippen molar-refractivity contribution in [2.45, 2.75) is 6.10 Å². The molecule has 0 bridgehead atoms. The number of aromatic nitrogens is 3. The van der Waals surface area contributed by atoms with Crippen molar-refractivity contribution in [1.82, 2.24) is 14.6 Å². The molecule has 0 spiro atoms. The number of rotatable bonds is 3. The molecule has 19 heavy (non-hydrogen) atoms. The quantitative estimate of drug-likeness (QED) is 0.775. The Morgan fingerprint density at radius 1 is 1.26 bits per heavy atom. The maximum Gasteiger partial charge on any atom is 0.143 e. The van der Waals surface area contributed by atoms with Crippen LogP contribution >= 0.6 is 0 Å². The summed E-state index contributed by atoms with van der Waals surface area (Å²) < 4.78 is 6.94. The highest BCUT2D eigenvalue weighted by Crippen LogP contribution is 2.29. The van der Waals surface area contributed by atoms with E-state index in [1.54, 1.807) is 36.2 Å². The lowest BCUT2D eigenvalue weighted by Gasteiger charge is -2.12. The first-order chi connectivity index (χ1) is 9.31. The van der Waals surface area contributed by atoms with Crippen molar-refractivity contribution in [1.29, 1.82) is 0 Å². The molecule has 0 saturated carbocycles. The van der Waals surface area contributed by atoms with E-state index < -0.39 is 6.10 Å². The number of nitrogens with zero attached hydrogens (tertiary/aromatic N) is 3. The summed E-state index contributed by atoms with van der Waals surface area (Å²) >= 11 is 0. The fraction of sp³-hybridized carbons (Fsp3) is 0.143. The van der Waals surface area contributed by atoms with Gasteiger partial charge < -0.3 is 9.84 Å². The number of hydrogen-bond acceptors (Lipinski definition) is 4. The zero-order chi connectivity index (χ0) is 13.2. The number of ether oxygens (including phenoxy) is 1. The summed E-state index contributed by atoms with van der Waals surface area (Å²) in [4.78, 5) is 4.20. The van der Waals surface area contributed by atoms with Crippen molar-refractivity contribution < 1.29 is 9.84 Å². The van der Waals surface area contributed by atoms with Crippen molar-refractivity contribution >= 4 is 5.52 Å². The fourth-order valence-corrected chi connectivity index (χ4v) is 2.09. The van der Waals surface area contributed by atoms with Gasteiger partial charge in [-0.3, -0.25) is 4.98 Å².